The van der Waals surface area contributed by atoms with Crippen LogP contribution in [0.4, 0.5) is 0 Å². The van der Waals surface area contributed by atoms with E-state index in [9.17, 15) is 4.79 Å². The molecule has 3 rings (SSSR count). The molecule has 0 aliphatic carbocycles. The zero-order valence-corrected chi connectivity index (χ0v) is 8.58. The fraction of sp³-hybridized carbons (Fsp3) is 0.250. The molecule has 1 aliphatic rings. The lowest BCUT2D eigenvalue weighted by atomic mass is 10.0. The van der Waals surface area contributed by atoms with Crippen LogP contribution in [0, 0.1) is 0 Å². The molecule has 2 aromatic rings. The molecule has 76 valence electrons. The van der Waals surface area contributed by atoms with E-state index in [4.69, 9.17) is 0 Å². The Morgan fingerprint density at radius 2 is 2.13 bits per heavy atom. The highest BCUT2D eigenvalue weighted by atomic mass is 16.2. The number of carbonyl (C=O) groups excluding carboxylic acids is 1. The van der Waals surface area contributed by atoms with Crippen LogP contribution in [0.15, 0.2) is 24.3 Å². The average Bonchev–Trinajstić information content (AvgIpc) is 2.62. The van der Waals surface area contributed by atoms with Crippen molar-refractivity contribution < 1.29 is 4.79 Å². The molecule has 1 aromatic carbocycles. The first-order valence-corrected chi connectivity index (χ1v) is 5.12. The highest BCUT2D eigenvalue weighted by Gasteiger charge is 2.25. The molecule has 1 amide bonds. The predicted octanol–water partition coefficient (Wildman–Crippen LogP) is 1.80. The molecular formula is C12H12N2O. The van der Waals surface area contributed by atoms with E-state index < -0.39 is 0 Å². The van der Waals surface area contributed by atoms with Gasteiger partial charge in [0.15, 0.2) is 0 Å². The third-order valence-electron chi connectivity index (χ3n) is 3.04. The Morgan fingerprint density at radius 3 is 3.00 bits per heavy atom. The van der Waals surface area contributed by atoms with Gasteiger partial charge in [-0.25, -0.2) is 0 Å². The summed E-state index contributed by atoms with van der Waals surface area (Å²) in [5.74, 6) is 0.133. The lowest BCUT2D eigenvalue weighted by molar-refractivity contribution is 0.0782. The molecule has 1 N–H and O–H groups in total. The number of H-pyrrole nitrogens is 1. The lowest BCUT2D eigenvalue weighted by Crippen LogP contribution is -2.33. The second-order valence-corrected chi connectivity index (χ2v) is 4.00. The van der Waals surface area contributed by atoms with Crippen LogP contribution in [-0.4, -0.2) is 29.4 Å². The van der Waals surface area contributed by atoms with Crippen LogP contribution >= 0.6 is 0 Å². The number of aromatic nitrogens is 1. The third kappa shape index (κ3) is 1.09. The van der Waals surface area contributed by atoms with Gasteiger partial charge in [-0.05, 0) is 6.07 Å². The Hall–Kier alpha value is -1.77. The van der Waals surface area contributed by atoms with Crippen molar-refractivity contribution in [2.75, 3.05) is 13.6 Å². The largest absolute Gasteiger partial charge is 0.358 e. The van der Waals surface area contributed by atoms with Gasteiger partial charge < -0.3 is 9.88 Å². The maximum absolute atomic E-state index is 12.0. The first-order valence-electron chi connectivity index (χ1n) is 5.12. The number of nitrogens with zero attached hydrogens (tertiary/aromatic N) is 1. The van der Waals surface area contributed by atoms with Crippen LogP contribution in [0.3, 0.4) is 0 Å². The molecule has 0 atom stereocenters. The van der Waals surface area contributed by atoms with Crippen LogP contribution in [0.1, 0.15) is 16.1 Å². The summed E-state index contributed by atoms with van der Waals surface area (Å²) in [6.07, 6.45) is 0.923. The van der Waals surface area contributed by atoms with E-state index in [1.54, 1.807) is 4.90 Å². The number of amides is 1. The zero-order chi connectivity index (χ0) is 10.4. The van der Waals surface area contributed by atoms with E-state index >= 15 is 0 Å². The van der Waals surface area contributed by atoms with Gasteiger partial charge in [0.05, 0.1) is 5.56 Å². The fourth-order valence-corrected chi connectivity index (χ4v) is 2.20. The Kier molecular flexibility index (Phi) is 1.63. The molecule has 0 bridgehead atoms. The van der Waals surface area contributed by atoms with Crippen LogP contribution in [0.5, 0.6) is 0 Å². The summed E-state index contributed by atoms with van der Waals surface area (Å²) in [7, 11) is 1.85. The molecule has 0 fully saturated rings. The van der Waals surface area contributed by atoms with E-state index in [-0.39, 0.29) is 5.91 Å². The first kappa shape index (κ1) is 8.53. The van der Waals surface area contributed by atoms with Gasteiger partial charge in [-0.1, -0.05) is 18.2 Å². The number of hydrogen-bond donors (Lipinski definition) is 1. The molecule has 3 nitrogen and oxygen atoms in total. The number of benzene rings is 1. The summed E-state index contributed by atoms with van der Waals surface area (Å²) >= 11 is 0. The number of aromatic amines is 1. The fourth-order valence-electron chi connectivity index (χ4n) is 2.20. The van der Waals surface area contributed by atoms with Gasteiger partial charge in [0.2, 0.25) is 0 Å². The monoisotopic (exact) mass is 200 g/mol. The Balaban J connectivity index is 2.34. The lowest BCUT2D eigenvalue weighted by Gasteiger charge is -2.22. The summed E-state index contributed by atoms with van der Waals surface area (Å²) in [5.41, 5.74) is 3.00. The second-order valence-electron chi connectivity index (χ2n) is 4.00. The summed E-state index contributed by atoms with van der Waals surface area (Å²) in [4.78, 5) is 17.1. The van der Waals surface area contributed by atoms with E-state index in [1.807, 2.05) is 31.3 Å². The predicted molar refractivity (Wildman–Crippen MR) is 59.0 cm³/mol. The molecule has 0 saturated carbocycles. The minimum Gasteiger partial charge on any atom is -0.358 e. The molecule has 1 aromatic heterocycles. The smallest absolute Gasteiger partial charge is 0.256 e. The highest BCUT2D eigenvalue weighted by molar-refractivity contribution is 6.08. The number of likely N-dealkylation sites (N-methyl/N-ethyl adjacent to an activating group) is 1. The SMILES string of the molecule is CN1CCc2[nH]c3ccccc3c2C1=O. The summed E-state index contributed by atoms with van der Waals surface area (Å²) in [5, 5.41) is 1.05. The Bertz CT molecular complexity index is 542. The van der Waals surface area contributed by atoms with Gasteiger partial charge in [-0.2, -0.15) is 0 Å². The third-order valence-corrected chi connectivity index (χ3v) is 3.04. The van der Waals surface area contributed by atoms with Gasteiger partial charge in [-0.3, -0.25) is 4.79 Å². The molecule has 0 unspecified atom stereocenters. The maximum Gasteiger partial charge on any atom is 0.256 e. The van der Waals surface area contributed by atoms with Gasteiger partial charge >= 0.3 is 0 Å². The van der Waals surface area contributed by atoms with E-state index in [2.05, 4.69) is 4.98 Å². The number of fused-ring (bicyclic) bond motifs is 3. The van der Waals surface area contributed by atoms with Crippen LogP contribution < -0.4 is 0 Å². The standard InChI is InChI=1S/C12H12N2O/c1-14-7-6-10-11(12(14)15)8-4-2-3-5-9(8)13-10/h2-5,13H,6-7H2,1H3. The van der Waals surface area contributed by atoms with Crippen molar-refractivity contribution in [3.05, 3.63) is 35.5 Å². The van der Waals surface area contributed by atoms with Crippen molar-refractivity contribution in [2.45, 2.75) is 6.42 Å². The topological polar surface area (TPSA) is 36.1 Å². The summed E-state index contributed by atoms with van der Waals surface area (Å²) < 4.78 is 0. The van der Waals surface area contributed by atoms with E-state index in [1.165, 1.54) is 0 Å². The minimum absolute atomic E-state index is 0.133. The van der Waals surface area contributed by atoms with Crippen molar-refractivity contribution in [1.82, 2.24) is 9.88 Å². The van der Waals surface area contributed by atoms with Crippen LogP contribution in [-0.2, 0) is 6.42 Å². The number of para-hydroxylation sites is 1. The number of rotatable bonds is 0. The minimum atomic E-state index is 0.133. The average molecular weight is 200 g/mol. The van der Waals surface area contributed by atoms with E-state index in [0.717, 1.165) is 35.1 Å². The van der Waals surface area contributed by atoms with Crippen LogP contribution in [0.2, 0.25) is 0 Å². The molecule has 0 saturated heterocycles. The second kappa shape index (κ2) is 2.86. The molecule has 1 aliphatic heterocycles. The summed E-state index contributed by atoms with van der Waals surface area (Å²) in [6.45, 7) is 0.804. The molecule has 2 heterocycles. The quantitative estimate of drug-likeness (QED) is 0.691. The van der Waals surface area contributed by atoms with Crippen molar-refractivity contribution in [2.24, 2.45) is 0 Å². The number of hydrogen-bond acceptors (Lipinski definition) is 1. The maximum atomic E-state index is 12.0. The Morgan fingerprint density at radius 1 is 1.33 bits per heavy atom. The van der Waals surface area contributed by atoms with Crippen molar-refractivity contribution in [3.8, 4) is 0 Å². The number of carbonyl (C=O) groups is 1. The zero-order valence-electron chi connectivity index (χ0n) is 8.58. The summed E-state index contributed by atoms with van der Waals surface area (Å²) in [6, 6.07) is 7.97. The van der Waals surface area contributed by atoms with Crippen molar-refractivity contribution in [1.29, 1.82) is 0 Å². The van der Waals surface area contributed by atoms with Gasteiger partial charge in [0.1, 0.15) is 0 Å². The van der Waals surface area contributed by atoms with Gasteiger partial charge in [-0.15, -0.1) is 0 Å². The van der Waals surface area contributed by atoms with Crippen molar-refractivity contribution >= 4 is 16.8 Å². The normalized spacial score (nSPS) is 15.8. The highest BCUT2D eigenvalue weighted by Crippen LogP contribution is 2.26. The Labute approximate surface area is 87.7 Å². The van der Waals surface area contributed by atoms with Gasteiger partial charge in [0, 0.05) is 36.6 Å². The molecule has 3 heteroatoms. The van der Waals surface area contributed by atoms with Crippen molar-refractivity contribution in [3.63, 3.8) is 0 Å². The van der Waals surface area contributed by atoms with Gasteiger partial charge in [0.25, 0.3) is 5.91 Å². The van der Waals surface area contributed by atoms with E-state index in [0.29, 0.717) is 0 Å². The molecule has 0 radical (unpaired) electrons. The van der Waals surface area contributed by atoms with Crippen LogP contribution in [0.25, 0.3) is 10.9 Å². The molecule has 0 spiro atoms. The number of nitrogens with one attached hydrogen (secondary N) is 1. The molecule has 15 heavy (non-hydrogen) atoms. The first-order chi connectivity index (χ1) is 7.27. The molecular weight excluding hydrogens is 188 g/mol.